The summed E-state index contributed by atoms with van der Waals surface area (Å²) in [5.41, 5.74) is 1.13. The quantitative estimate of drug-likeness (QED) is 0.842. The van der Waals surface area contributed by atoms with Crippen LogP contribution in [0.15, 0.2) is 30.5 Å². The molecule has 17 heavy (non-hydrogen) atoms. The highest BCUT2D eigenvalue weighted by Gasteiger charge is 2.06. The van der Waals surface area contributed by atoms with Gasteiger partial charge < -0.3 is 0 Å². The number of hydrogen-bond acceptors (Lipinski definition) is 3. The second-order valence-corrected chi connectivity index (χ2v) is 5.95. The molecule has 0 aliphatic rings. The van der Waals surface area contributed by atoms with Gasteiger partial charge in [-0.25, -0.2) is 4.98 Å². The molecule has 0 spiro atoms. The highest BCUT2D eigenvalue weighted by atomic mass is 35.5. The molecule has 0 unspecified atom stereocenters. The normalized spacial score (nSPS) is 11.1. The van der Waals surface area contributed by atoms with Gasteiger partial charge in [-0.3, -0.25) is 4.90 Å². The second-order valence-electron chi connectivity index (χ2n) is 3.84. The van der Waals surface area contributed by atoms with Gasteiger partial charge in [0.1, 0.15) is 0 Å². The van der Waals surface area contributed by atoms with Crippen molar-refractivity contribution in [1.82, 2.24) is 9.88 Å². The molecule has 2 nitrogen and oxygen atoms in total. The van der Waals surface area contributed by atoms with Gasteiger partial charge in [-0.1, -0.05) is 41.4 Å². The number of hydrogen-bond donors (Lipinski definition) is 0. The molecule has 0 aliphatic heterocycles. The maximum absolute atomic E-state index is 6.12. The summed E-state index contributed by atoms with van der Waals surface area (Å²) in [6.45, 7) is 1.64. The van der Waals surface area contributed by atoms with Crippen LogP contribution in [-0.4, -0.2) is 16.9 Å². The van der Waals surface area contributed by atoms with Crippen molar-refractivity contribution in [2.45, 2.75) is 13.1 Å². The Hall–Kier alpha value is -0.610. The third kappa shape index (κ3) is 3.68. The fourth-order valence-corrected chi connectivity index (χ4v) is 2.85. The van der Waals surface area contributed by atoms with Crippen LogP contribution in [0, 0.1) is 0 Å². The van der Waals surface area contributed by atoms with Crippen molar-refractivity contribution in [3.8, 4) is 0 Å². The maximum Gasteiger partial charge on any atom is 0.183 e. The topological polar surface area (TPSA) is 16.1 Å². The highest BCUT2D eigenvalue weighted by Crippen LogP contribution is 2.21. The molecule has 0 N–H and O–H groups in total. The number of thiazole rings is 1. The molecule has 0 atom stereocenters. The van der Waals surface area contributed by atoms with Crippen molar-refractivity contribution in [3.05, 3.63) is 50.4 Å². The third-order valence-corrected chi connectivity index (χ3v) is 3.82. The van der Waals surface area contributed by atoms with E-state index in [1.54, 1.807) is 0 Å². The van der Waals surface area contributed by atoms with Gasteiger partial charge in [0, 0.05) is 29.2 Å². The van der Waals surface area contributed by atoms with E-state index in [9.17, 15) is 0 Å². The maximum atomic E-state index is 6.12. The summed E-state index contributed by atoms with van der Waals surface area (Å²) in [4.78, 5) is 7.37. The molecule has 2 rings (SSSR count). The Morgan fingerprint density at radius 3 is 2.65 bits per heavy atom. The van der Waals surface area contributed by atoms with Crippen LogP contribution in [0.2, 0.25) is 9.49 Å². The first-order valence-electron chi connectivity index (χ1n) is 5.17. The Bertz CT molecular complexity index is 499. The van der Waals surface area contributed by atoms with Gasteiger partial charge in [-0.15, -0.1) is 11.3 Å². The van der Waals surface area contributed by atoms with E-state index in [1.165, 1.54) is 11.3 Å². The molecule has 0 bridgehead atoms. The van der Waals surface area contributed by atoms with Crippen molar-refractivity contribution in [3.63, 3.8) is 0 Å². The smallest absolute Gasteiger partial charge is 0.183 e. The fraction of sp³-hybridized carbons (Fsp3) is 0.250. The Morgan fingerprint density at radius 2 is 2.00 bits per heavy atom. The van der Waals surface area contributed by atoms with Crippen LogP contribution in [0.3, 0.4) is 0 Å². The zero-order chi connectivity index (χ0) is 12.3. The summed E-state index contributed by atoms with van der Waals surface area (Å²) >= 11 is 13.4. The van der Waals surface area contributed by atoms with Crippen molar-refractivity contribution < 1.29 is 0 Å². The fourth-order valence-electron chi connectivity index (χ4n) is 1.60. The lowest BCUT2D eigenvalue weighted by Crippen LogP contribution is -2.16. The molecule has 5 heteroatoms. The van der Waals surface area contributed by atoms with Gasteiger partial charge in [0.05, 0.1) is 0 Å². The van der Waals surface area contributed by atoms with E-state index in [0.717, 1.165) is 28.6 Å². The van der Waals surface area contributed by atoms with Gasteiger partial charge in [0.15, 0.2) is 4.47 Å². The summed E-state index contributed by atoms with van der Waals surface area (Å²) in [5, 5.41) is 0.807. The minimum absolute atomic E-state index is 0.589. The Kier molecular flexibility index (Phi) is 4.40. The minimum Gasteiger partial charge on any atom is -0.297 e. The molecular weight excluding hydrogens is 275 g/mol. The molecule has 0 radical (unpaired) electrons. The molecule has 2 aromatic rings. The lowest BCUT2D eigenvalue weighted by molar-refractivity contribution is 0.322. The molecule has 1 aromatic heterocycles. The van der Waals surface area contributed by atoms with Gasteiger partial charge >= 0.3 is 0 Å². The lowest BCUT2D eigenvalue weighted by atomic mass is 10.2. The minimum atomic E-state index is 0.589. The molecular formula is C12H12Cl2N2S. The van der Waals surface area contributed by atoms with Gasteiger partial charge in [-0.05, 0) is 18.7 Å². The first kappa shape index (κ1) is 12.8. The van der Waals surface area contributed by atoms with Crippen LogP contribution in [0.1, 0.15) is 10.4 Å². The molecule has 1 heterocycles. The Labute approximate surface area is 115 Å². The summed E-state index contributed by atoms with van der Waals surface area (Å²) < 4.78 is 0.589. The van der Waals surface area contributed by atoms with Crippen LogP contribution in [0.5, 0.6) is 0 Å². The summed E-state index contributed by atoms with van der Waals surface area (Å²) in [6, 6.07) is 7.89. The lowest BCUT2D eigenvalue weighted by Gasteiger charge is -2.16. The van der Waals surface area contributed by atoms with Gasteiger partial charge in [-0.2, -0.15) is 0 Å². The average Bonchev–Trinajstić information content (AvgIpc) is 2.67. The molecule has 0 saturated heterocycles. The van der Waals surface area contributed by atoms with Crippen LogP contribution in [-0.2, 0) is 13.1 Å². The molecule has 0 saturated carbocycles. The first-order valence-corrected chi connectivity index (χ1v) is 6.74. The first-order chi connectivity index (χ1) is 8.15. The van der Waals surface area contributed by atoms with E-state index in [2.05, 4.69) is 16.9 Å². The largest absolute Gasteiger partial charge is 0.297 e. The SMILES string of the molecule is CN(Cc1cnc(Cl)s1)Cc1ccccc1Cl. The number of nitrogens with zero attached hydrogens (tertiary/aromatic N) is 2. The van der Waals surface area contributed by atoms with Crippen LogP contribution < -0.4 is 0 Å². The number of rotatable bonds is 4. The van der Waals surface area contributed by atoms with Gasteiger partial charge in [0.2, 0.25) is 0 Å². The average molecular weight is 287 g/mol. The van der Waals surface area contributed by atoms with Crippen molar-refractivity contribution >= 4 is 34.5 Å². The van der Waals surface area contributed by atoms with E-state index >= 15 is 0 Å². The molecule has 1 aromatic carbocycles. The van der Waals surface area contributed by atoms with Gasteiger partial charge in [0.25, 0.3) is 0 Å². The number of aromatic nitrogens is 1. The second kappa shape index (κ2) is 5.83. The van der Waals surface area contributed by atoms with E-state index < -0.39 is 0 Å². The van der Waals surface area contributed by atoms with E-state index in [0.29, 0.717) is 4.47 Å². The predicted octanol–water partition coefficient (Wildman–Crippen LogP) is 4.08. The monoisotopic (exact) mass is 286 g/mol. The number of benzene rings is 1. The Balaban J connectivity index is 1.98. The standard InChI is InChI=1S/C12H12Cl2N2S/c1-16(8-10-6-15-12(14)17-10)7-9-4-2-3-5-11(9)13/h2-6H,7-8H2,1H3. The highest BCUT2D eigenvalue weighted by molar-refractivity contribution is 7.15. The van der Waals surface area contributed by atoms with Crippen molar-refractivity contribution in [2.75, 3.05) is 7.05 Å². The summed E-state index contributed by atoms with van der Waals surface area (Å²) in [5.74, 6) is 0. The predicted molar refractivity (Wildman–Crippen MR) is 73.7 cm³/mol. The summed E-state index contributed by atoms with van der Waals surface area (Å²) in [7, 11) is 2.05. The zero-order valence-electron chi connectivity index (χ0n) is 9.36. The third-order valence-electron chi connectivity index (χ3n) is 2.35. The molecule has 0 amide bonds. The van der Waals surface area contributed by atoms with Crippen LogP contribution in [0.4, 0.5) is 0 Å². The zero-order valence-corrected chi connectivity index (χ0v) is 11.7. The van der Waals surface area contributed by atoms with E-state index in [1.807, 2.05) is 30.5 Å². The van der Waals surface area contributed by atoms with E-state index in [-0.39, 0.29) is 0 Å². The van der Waals surface area contributed by atoms with Crippen molar-refractivity contribution in [1.29, 1.82) is 0 Å². The Morgan fingerprint density at radius 1 is 1.24 bits per heavy atom. The molecule has 0 fully saturated rings. The van der Waals surface area contributed by atoms with Crippen LogP contribution in [0.25, 0.3) is 0 Å². The van der Waals surface area contributed by atoms with E-state index in [4.69, 9.17) is 23.2 Å². The van der Waals surface area contributed by atoms with Crippen molar-refractivity contribution in [2.24, 2.45) is 0 Å². The molecule has 0 aliphatic carbocycles. The van der Waals surface area contributed by atoms with Crippen LogP contribution >= 0.6 is 34.5 Å². The molecule has 90 valence electrons. The number of halogens is 2. The summed E-state index contributed by atoms with van der Waals surface area (Å²) in [6.07, 6.45) is 1.82.